The van der Waals surface area contributed by atoms with Gasteiger partial charge in [0.25, 0.3) is 5.97 Å². The Bertz CT molecular complexity index is 184. The van der Waals surface area contributed by atoms with Crippen molar-refractivity contribution in [1.82, 2.24) is 0 Å². The van der Waals surface area contributed by atoms with E-state index in [0.29, 0.717) is 6.61 Å². The third kappa shape index (κ3) is 29.4. The minimum absolute atomic E-state index is 0.321. The zero-order chi connectivity index (χ0) is 14.1. The molecule has 0 aromatic rings. The average molecular weight is 258 g/mol. The first-order valence-electron chi connectivity index (χ1n) is 7.10. The van der Waals surface area contributed by atoms with E-state index in [0.717, 1.165) is 19.8 Å². The van der Waals surface area contributed by atoms with Gasteiger partial charge in [-0.1, -0.05) is 51.2 Å². The number of aliphatic carboxylic acids is 1. The van der Waals surface area contributed by atoms with Gasteiger partial charge in [-0.25, -0.2) is 0 Å². The van der Waals surface area contributed by atoms with Gasteiger partial charge in [0, 0.05) is 13.5 Å². The Morgan fingerprint density at radius 3 is 1.89 bits per heavy atom. The van der Waals surface area contributed by atoms with Crippen molar-refractivity contribution in [1.29, 1.82) is 0 Å². The van der Waals surface area contributed by atoms with Gasteiger partial charge in [0.1, 0.15) is 0 Å². The molecular weight excluding hydrogens is 228 g/mol. The van der Waals surface area contributed by atoms with E-state index in [9.17, 15) is 0 Å². The molecule has 0 radical (unpaired) electrons. The zero-order valence-corrected chi connectivity index (χ0v) is 12.0. The number of carbonyl (C=O) groups is 1. The Balaban J connectivity index is 0. The highest BCUT2D eigenvalue weighted by atomic mass is 16.4. The Labute approximate surface area is 112 Å². The maximum absolute atomic E-state index is 9.00. The molecule has 0 fully saturated rings. The SMILES string of the molecule is CC(=O)O.CCCCCCCC/C=C/CCCO. The number of carboxylic acid groups (broad SMARTS) is 1. The van der Waals surface area contributed by atoms with Crippen LogP contribution >= 0.6 is 0 Å². The average Bonchev–Trinajstić information content (AvgIpc) is 2.31. The van der Waals surface area contributed by atoms with Crippen molar-refractivity contribution in [2.75, 3.05) is 6.61 Å². The van der Waals surface area contributed by atoms with E-state index in [4.69, 9.17) is 15.0 Å². The molecule has 0 unspecified atom stereocenters. The summed E-state index contributed by atoms with van der Waals surface area (Å²) in [7, 11) is 0. The van der Waals surface area contributed by atoms with Gasteiger partial charge in [0.05, 0.1) is 0 Å². The number of unbranched alkanes of at least 4 members (excludes halogenated alkanes) is 7. The molecule has 3 heteroatoms. The van der Waals surface area contributed by atoms with Crippen molar-refractivity contribution in [3.63, 3.8) is 0 Å². The molecule has 2 N–H and O–H groups in total. The van der Waals surface area contributed by atoms with Crippen LogP contribution in [0, 0.1) is 0 Å². The molecule has 18 heavy (non-hydrogen) atoms. The first-order chi connectivity index (χ1) is 8.65. The van der Waals surface area contributed by atoms with Crippen LogP contribution in [0.15, 0.2) is 12.2 Å². The summed E-state index contributed by atoms with van der Waals surface area (Å²) >= 11 is 0. The van der Waals surface area contributed by atoms with Crippen LogP contribution < -0.4 is 0 Å². The second-order valence-corrected chi connectivity index (χ2v) is 4.41. The summed E-state index contributed by atoms with van der Waals surface area (Å²) in [6.07, 6.45) is 15.9. The third-order valence-electron chi connectivity index (χ3n) is 2.42. The number of aliphatic hydroxyl groups excluding tert-OH is 1. The second kappa shape index (κ2) is 18.5. The van der Waals surface area contributed by atoms with Crippen molar-refractivity contribution >= 4 is 5.97 Å². The maximum atomic E-state index is 9.00. The number of aliphatic hydroxyl groups is 1. The van der Waals surface area contributed by atoms with E-state index in [1.54, 1.807) is 0 Å². The summed E-state index contributed by atoms with van der Waals surface area (Å²) in [5.74, 6) is -0.833. The molecule has 3 nitrogen and oxygen atoms in total. The summed E-state index contributed by atoms with van der Waals surface area (Å²) in [6, 6.07) is 0. The van der Waals surface area contributed by atoms with Crippen LogP contribution in [-0.4, -0.2) is 22.8 Å². The lowest BCUT2D eigenvalue weighted by atomic mass is 10.1. The highest BCUT2D eigenvalue weighted by molar-refractivity contribution is 5.62. The summed E-state index contributed by atoms with van der Waals surface area (Å²) in [6.45, 7) is 3.66. The lowest BCUT2D eigenvalue weighted by Crippen LogP contribution is -1.79. The highest BCUT2D eigenvalue weighted by Crippen LogP contribution is 2.07. The van der Waals surface area contributed by atoms with Crippen LogP contribution in [0.3, 0.4) is 0 Å². The Morgan fingerprint density at radius 2 is 1.39 bits per heavy atom. The zero-order valence-electron chi connectivity index (χ0n) is 12.0. The molecule has 0 bridgehead atoms. The van der Waals surface area contributed by atoms with Crippen molar-refractivity contribution in [3.05, 3.63) is 12.2 Å². The first kappa shape index (κ1) is 19.5. The minimum Gasteiger partial charge on any atom is -0.481 e. The normalized spacial score (nSPS) is 10.2. The van der Waals surface area contributed by atoms with Gasteiger partial charge in [-0.3, -0.25) is 4.79 Å². The molecule has 0 aliphatic heterocycles. The van der Waals surface area contributed by atoms with E-state index in [1.165, 1.54) is 44.9 Å². The standard InChI is InChI=1S/C13H26O.C2H4O2/c1-2-3-4-5-6-7-8-9-10-11-12-13-14;1-2(3)4/h9-10,14H,2-8,11-13H2,1H3;1H3,(H,3,4)/b10-9+;. The molecule has 0 saturated carbocycles. The van der Waals surface area contributed by atoms with E-state index in [1.807, 2.05) is 0 Å². The molecule has 108 valence electrons. The Morgan fingerprint density at radius 1 is 0.944 bits per heavy atom. The van der Waals surface area contributed by atoms with Crippen molar-refractivity contribution in [2.24, 2.45) is 0 Å². The predicted octanol–water partition coefficient (Wildman–Crippen LogP) is 4.16. The van der Waals surface area contributed by atoms with Crippen LogP contribution in [0.5, 0.6) is 0 Å². The van der Waals surface area contributed by atoms with Gasteiger partial charge in [-0.2, -0.15) is 0 Å². The lowest BCUT2D eigenvalue weighted by molar-refractivity contribution is -0.134. The van der Waals surface area contributed by atoms with Crippen LogP contribution in [0.1, 0.15) is 71.6 Å². The van der Waals surface area contributed by atoms with E-state index in [-0.39, 0.29) is 0 Å². The summed E-state index contributed by atoms with van der Waals surface area (Å²) < 4.78 is 0. The second-order valence-electron chi connectivity index (χ2n) is 4.41. The molecule has 0 spiro atoms. The third-order valence-corrected chi connectivity index (χ3v) is 2.42. The summed E-state index contributed by atoms with van der Waals surface area (Å²) in [5.41, 5.74) is 0. The van der Waals surface area contributed by atoms with Gasteiger partial charge in [0.2, 0.25) is 0 Å². The Kier molecular flexibility index (Phi) is 20.1. The number of rotatable bonds is 10. The summed E-state index contributed by atoms with van der Waals surface area (Å²) in [4.78, 5) is 9.00. The smallest absolute Gasteiger partial charge is 0.300 e. The monoisotopic (exact) mass is 258 g/mol. The number of carboxylic acids is 1. The maximum Gasteiger partial charge on any atom is 0.300 e. The van der Waals surface area contributed by atoms with Gasteiger partial charge < -0.3 is 10.2 Å². The van der Waals surface area contributed by atoms with Crippen molar-refractivity contribution < 1.29 is 15.0 Å². The van der Waals surface area contributed by atoms with Crippen LogP contribution in [0.4, 0.5) is 0 Å². The Hall–Kier alpha value is -0.830. The van der Waals surface area contributed by atoms with Crippen LogP contribution in [0.25, 0.3) is 0 Å². The molecule has 0 rings (SSSR count). The topological polar surface area (TPSA) is 57.5 Å². The van der Waals surface area contributed by atoms with Crippen molar-refractivity contribution in [3.8, 4) is 0 Å². The quantitative estimate of drug-likeness (QED) is 0.457. The van der Waals surface area contributed by atoms with E-state index in [2.05, 4.69) is 19.1 Å². The van der Waals surface area contributed by atoms with Gasteiger partial charge in [-0.15, -0.1) is 0 Å². The number of hydrogen-bond acceptors (Lipinski definition) is 2. The molecule has 0 amide bonds. The van der Waals surface area contributed by atoms with Crippen LogP contribution in [0.2, 0.25) is 0 Å². The number of hydrogen-bond donors (Lipinski definition) is 2. The fourth-order valence-corrected chi connectivity index (χ4v) is 1.49. The molecule has 0 saturated heterocycles. The van der Waals surface area contributed by atoms with Crippen molar-refractivity contribution in [2.45, 2.75) is 71.6 Å². The lowest BCUT2D eigenvalue weighted by Gasteiger charge is -1.97. The molecule has 0 aliphatic rings. The molecule has 0 heterocycles. The molecule has 0 aromatic heterocycles. The van der Waals surface area contributed by atoms with Gasteiger partial charge in [-0.05, 0) is 25.7 Å². The summed E-state index contributed by atoms with van der Waals surface area (Å²) in [5, 5.41) is 16.0. The van der Waals surface area contributed by atoms with Gasteiger partial charge in [0.15, 0.2) is 0 Å². The molecular formula is C15H30O3. The fourth-order valence-electron chi connectivity index (χ4n) is 1.49. The fraction of sp³-hybridized carbons (Fsp3) is 0.800. The predicted molar refractivity (Wildman–Crippen MR) is 76.8 cm³/mol. The molecule has 0 aromatic carbocycles. The number of allylic oxidation sites excluding steroid dienone is 2. The largest absolute Gasteiger partial charge is 0.481 e. The van der Waals surface area contributed by atoms with Crippen LogP contribution in [-0.2, 0) is 4.79 Å². The minimum atomic E-state index is -0.833. The van der Waals surface area contributed by atoms with E-state index < -0.39 is 5.97 Å². The first-order valence-corrected chi connectivity index (χ1v) is 7.10. The molecule has 0 atom stereocenters. The highest BCUT2D eigenvalue weighted by Gasteiger charge is 1.87. The molecule has 0 aliphatic carbocycles. The van der Waals surface area contributed by atoms with E-state index >= 15 is 0 Å². The van der Waals surface area contributed by atoms with Gasteiger partial charge >= 0.3 is 0 Å².